The van der Waals surface area contributed by atoms with Crippen molar-refractivity contribution >= 4 is 11.9 Å². The smallest absolute Gasteiger partial charge is 0.303 e. The van der Waals surface area contributed by atoms with Crippen LogP contribution in [0.2, 0.25) is 0 Å². The Balaban J connectivity index is 2.49. The summed E-state index contributed by atoms with van der Waals surface area (Å²) in [6.07, 6.45) is 0.500. The molecule has 1 aromatic carbocycles. The van der Waals surface area contributed by atoms with Crippen molar-refractivity contribution < 1.29 is 19.4 Å². The van der Waals surface area contributed by atoms with E-state index in [4.69, 9.17) is 9.84 Å². The van der Waals surface area contributed by atoms with E-state index >= 15 is 0 Å². The average Bonchev–Trinajstić information content (AvgIpc) is 2.42. The summed E-state index contributed by atoms with van der Waals surface area (Å²) < 4.78 is 5.11. The maximum atomic E-state index is 11.9. The van der Waals surface area contributed by atoms with Crippen molar-refractivity contribution in [2.45, 2.75) is 25.7 Å². The van der Waals surface area contributed by atoms with E-state index in [0.717, 1.165) is 5.56 Å². The molecule has 0 aliphatic heterocycles. The Morgan fingerprint density at radius 2 is 2.16 bits per heavy atom. The van der Waals surface area contributed by atoms with Crippen molar-refractivity contribution in [1.29, 1.82) is 0 Å². The van der Waals surface area contributed by atoms with Gasteiger partial charge in [-0.05, 0) is 31.0 Å². The predicted octanol–water partition coefficient (Wildman–Crippen LogP) is 1.78. The van der Waals surface area contributed by atoms with Gasteiger partial charge in [-0.25, -0.2) is 0 Å². The zero-order valence-corrected chi connectivity index (χ0v) is 11.2. The lowest BCUT2D eigenvalue weighted by atomic mass is 10.00. The van der Waals surface area contributed by atoms with E-state index < -0.39 is 5.97 Å². The molecule has 0 spiro atoms. The quantitative estimate of drug-likeness (QED) is 0.737. The fraction of sp³-hybridized carbons (Fsp3) is 0.429. The fourth-order valence-corrected chi connectivity index (χ4v) is 1.67. The standard InChI is InChI=1S/C14H19NO4/c1-10(11-5-3-6-12(9-11)19-2)14(18)15-8-4-7-13(16)17/h3,5-6,9-10H,4,7-8H2,1-2H3,(H,15,18)(H,16,17). The molecule has 1 atom stereocenters. The number of carbonyl (C=O) groups excluding carboxylic acids is 1. The van der Waals surface area contributed by atoms with E-state index in [9.17, 15) is 9.59 Å². The fourth-order valence-electron chi connectivity index (χ4n) is 1.67. The highest BCUT2D eigenvalue weighted by Crippen LogP contribution is 2.20. The molecule has 1 aromatic rings. The topological polar surface area (TPSA) is 75.6 Å². The Kier molecular flexibility index (Phi) is 5.85. The third kappa shape index (κ3) is 4.99. The van der Waals surface area contributed by atoms with Crippen molar-refractivity contribution in [1.82, 2.24) is 5.32 Å². The minimum atomic E-state index is -0.852. The Bertz CT molecular complexity index is 445. The van der Waals surface area contributed by atoms with Crippen molar-refractivity contribution in [2.24, 2.45) is 0 Å². The largest absolute Gasteiger partial charge is 0.497 e. The molecule has 0 saturated heterocycles. The predicted molar refractivity (Wildman–Crippen MR) is 71.3 cm³/mol. The van der Waals surface area contributed by atoms with Gasteiger partial charge in [-0.1, -0.05) is 12.1 Å². The SMILES string of the molecule is COc1cccc(C(C)C(=O)NCCCC(=O)O)c1. The van der Waals surface area contributed by atoms with Gasteiger partial charge in [-0.3, -0.25) is 9.59 Å². The molecule has 0 aliphatic carbocycles. The number of carboxylic acids is 1. The van der Waals surface area contributed by atoms with Crippen LogP contribution in [0.15, 0.2) is 24.3 Å². The first kappa shape index (κ1) is 15.0. The summed E-state index contributed by atoms with van der Waals surface area (Å²) in [4.78, 5) is 22.2. The van der Waals surface area contributed by atoms with E-state index in [1.54, 1.807) is 14.0 Å². The van der Waals surface area contributed by atoms with Crippen molar-refractivity contribution in [3.63, 3.8) is 0 Å². The zero-order chi connectivity index (χ0) is 14.3. The molecule has 19 heavy (non-hydrogen) atoms. The number of hydrogen-bond acceptors (Lipinski definition) is 3. The Morgan fingerprint density at radius 3 is 2.79 bits per heavy atom. The van der Waals surface area contributed by atoms with Gasteiger partial charge < -0.3 is 15.2 Å². The van der Waals surface area contributed by atoms with Gasteiger partial charge in [0.1, 0.15) is 5.75 Å². The molecule has 0 aromatic heterocycles. The van der Waals surface area contributed by atoms with Crippen molar-refractivity contribution in [2.75, 3.05) is 13.7 Å². The van der Waals surface area contributed by atoms with Crippen LogP contribution in [-0.2, 0) is 9.59 Å². The summed E-state index contributed by atoms with van der Waals surface area (Å²) in [5.41, 5.74) is 0.870. The molecule has 104 valence electrons. The molecule has 0 aliphatic rings. The third-order valence-corrected chi connectivity index (χ3v) is 2.85. The van der Waals surface area contributed by atoms with Crippen LogP contribution in [0.4, 0.5) is 0 Å². The normalized spacial score (nSPS) is 11.7. The van der Waals surface area contributed by atoms with E-state index in [1.807, 2.05) is 24.3 Å². The molecule has 1 unspecified atom stereocenters. The lowest BCUT2D eigenvalue weighted by molar-refractivity contribution is -0.137. The van der Waals surface area contributed by atoms with Crippen LogP contribution in [0.5, 0.6) is 5.75 Å². The van der Waals surface area contributed by atoms with E-state index in [0.29, 0.717) is 18.7 Å². The van der Waals surface area contributed by atoms with Gasteiger partial charge >= 0.3 is 5.97 Å². The minimum Gasteiger partial charge on any atom is -0.497 e. The number of methoxy groups -OCH3 is 1. The molecule has 0 heterocycles. The molecule has 0 bridgehead atoms. The second-order valence-corrected chi connectivity index (χ2v) is 4.29. The van der Waals surface area contributed by atoms with E-state index in [2.05, 4.69) is 5.32 Å². The Labute approximate surface area is 112 Å². The summed E-state index contributed by atoms with van der Waals surface area (Å²) in [5, 5.41) is 11.2. The number of nitrogens with one attached hydrogen (secondary N) is 1. The number of hydrogen-bond donors (Lipinski definition) is 2. The second-order valence-electron chi connectivity index (χ2n) is 4.29. The number of benzene rings is 1. The highest BCUT2D eigenvalue weighted by Gasteiger charge is 2.15. The van der Waals surface area contributed by atoms with Gasteiger partial charge in [0.05, 0.1) is 13.0 Å². The minimum absolute atomic E-state index is 0.0633. The van der Waals surface area contributed by atoms with E-state index in [1.165, 1.54) is 0 Å². The summed E-state index contributed by atoms with van der Waals surface area (Å²) in [6.45, 7) is 2.18. The lowest BCUT2D eigenvalue weighted by Gasteiger charge is -2.13. The first-order valence-electron chi connectivity index (χ1n) is 6.18. The summed E-state index contributed by atoms with van der Waals surface area (Å²) >= 11 is 0. The molecule has 1 amide bonds. The molecular weight excluding hydrogens is 246 g/mol. The first-order chi connectivity index (χ1) is 9.04. The maximum Gasteiger partial charge on any atom is 0.303 e. The monoisotopic (exact) mass is 265 g/mol. The summed E-state index contributed by atoms with van der Waals surface area (Å²) in [7, 11) is 1.58. The lowest BCUT2D eigenvalue weighted by Crippen LogP contribution is -2.29. The van der Waals surface area contributed by atoms with Crippen molar-refractivity contribution in [3.05, 3.63) is 29.8 Å². The van der Waals surface area contributed by atoms with Crippen LogP contribution >= 0.6 is 0 Å². The van der Waals surface area contributed by atoms with Crippen LogP contribution < -0.4 is 10.1 Å². The van der Waals surface area contributed by atoms with Gasteiger partial charge in [0, 0.05) is 13.0 Å². The van der Waals surface area contributed by atoms with Gasteiger partial charge in [0.2, 0.25) is 5.91 Å². The van der Waals surface area contributed by atoms with Gasteiger partial charge in [0.25, 0.3) is 0 Å². The molecule has 0 fully saturated rings. The first-order valence-corrected chi connectivity index (χ1v) is 6.18. The van der Waals surface area contributed by atoms with Crippen LogP contribution in [0, 0.1) is 0 Å². The van der Waals surface area contributed by atoms with E-state index in [-0.39, 0.29) is 18.2 Å². The zero-order valence-electron chi connectivity index (χ0n) is 11.2. The number of carbonyl (C=O) groups is 2. The second kappa shape index (κ2) is 7.41. The highest BCUT2D eigenvalue weighted by atomic mass is 16.5. The van der Waals surface area contributed by atoms with Gasteiger partial charge in [-0.2, -0.15) is 0 Å². The third-order valence-electron chi connectivity index (χ3n) is 2.85. The van der Waals surface area contributed by atoms with Gasteiger partial charge in [0.15, 0.2) is 0 Å². The molecule has 0 radical (unpaired) electrons. The van der Waals surface area contributed by atoms with Gasteiger partial charge in [-0.15, -0.1) is 0 Å². The van der Waals surface area contributed by atoms with Crippen LogP contribution in [-0.4, -0.2) is 30.6 Å². The summed E-state index contributed by atoms with van der Waals surface area (Å²) in [6, 6.07) is 7.34. The van der Waals surface area contributed by atoms with Crippen LogP contribution in [0.25, 0.3) is 0 Å². The highest BCUT2D eigenvalue weighted by molar-refractivity contribution is 5.83. The molecule has 5 nitrogen and oxygen atoms in total. The number of rotatable bonds is 7. The molecule has 0 saturated carbocycles. The number of carboxylic acid groups (broad SMARTS) is 1. The maximum absolute atomic E-state index is 11.9. The summed E-state index contributed by atoms with van der Waals surface area (Å²) in [5.74, 6) is -0.545. The van der Waals surface area contributed by atoms with Crippen molar-refractivity contribution in [3.8, 4) is 5.75 Å². The molecule has 1 rings (SSSR count). The number of ether oxygens (including phenoxy) is 1. The molecule has 2 N–H and O–H groups in total. The Morgan fingerprint density at radius 1 is 1.42 bits per heavy atom. The molecule has 5 heteroatoms. The van der Waals surface area contributed by atoms with Crippen LogP contribution in [0.1, 0.15) is 31.2 Å². The number of amides is 1. The van der Waals surface area contributed by atoms with Crippen LogP contribution in [0.3, 0.4) is 0 Å². The average molecular weight is 265 g/mol. The Hall–Kier alpha value is -2.04. The molecular formula is C14H19NO4. The number of aliphatic carboxylic acids is 1.